The van der Waals surface area contributed by atoms with Gasteiger partial charge in [-0.05, 0) is 38.0 Å². The van der Waals surface area contributed by atoms with Crippen molar-refractivity contribution in [3.05, 3.63) is 66.2 Å². The van der Waals surface area contributed by atoms with Gasteiger partial charge in [0.15, 0.2) is 5.96 Å². The van der Waals surface area contributed by atoms with Gasteiger partial charge in [-0.1, -0.05) is 48.5 Å². The number of benzene rings is 2. The molecule has 2 aromatic carbocycles. The Morgan fingerprint density at radius 1 is 1.13 bits per heavy atom. The molecule has 0 aliphatic carbocycles. The van der Waals surface area contributed by atoms with Crippen LogP contribution in [0.5, 0.6) is 0 Å². The SMILES string of the molecule is CCNC(=NCCS(=O)c1ccccc1)NC1CC(C)N(Cc2ccccc2)C1.I. The standard InChI is InChI=1S/C23H32N4OS.HI/c1-3-24-23(25-14-15-29(28)22-12-8-5-9-13-22)26-21-16-19(2)27(18-21)17-20-10-6-4-7-11-20;/h4-13,19,21H,3,14-18H2,1-2H3,(H2,24,25,26);1H. The second-order valence-electron chi connectivity index (χ2n) is 7.46. The summed E-state index contributed by atoms with van der Waals surface area (Å²) in [4.78, 5) is 8.04. The fourth-order valence-corrected chi connectivity index (χ4v) is 4.64. The monoisotopic (exact) mass is 540 g/mol. The summed E-state index contributed by atoms with van der Waals surface area (Å²) in [7, 11) is -1.01. The van der Waals surface area contributed by atoms with Crippen molar-refractivity contribution in [3.63, 3.8) is 0 Å². The van der Waals surface area contributed by atoms with Crippen LogP contribution in [0, 0.1) is 0 Å². The van der Waals surface area contributed by atoms with Crippen molar-refractivity contribution in [2.24, 2.45) is 4.99 Å². The number of nitrogens with zero attached hydrogens (tertiary/aromatic N) is 2. The maximum absolute atomic E-state index is 12.4. The molecule has 1 aliphatic rings. The molecule has 0 aromatic heterocycles. The molecule has 1 saturated heterocycles. The molecule has 3 rings (SSSR count). The minimum absolute atomic E-state index is 0. The Bertz CT molecular complexity index is 803. The lowest BCUT2D eigenvalue weighted by Gasteiger charge is -2.21. The first-order valence-electron chi connectivity index (χ1n) is 10.4. The number of aliphatic imine (C=N–C) groups is 1. The fraction of sp³-hybridized carbons (Fsp3) is 0.435. The largest absolute Gasteiger partial charge is 0.357 e. The molecule has 7 heteroatoms. The molecule has 3 atom stereocenters. The van der Waals surface area contributed by atoms with E-state index >= 15 is 0 Å². The number of halogens is 1. The highest BCUT2D eigenvalue weighted by Gasteiger charge is 2.29. The number of likely N-dealkylation sites (tertiary alicyclic amines) is 1. The number of rotatable bonds is 8. The Hall–Kier alpha value is -1.45. The Kier molecular flexibility index (Phi) is 10.8. The maximum Gasteiger partial charge on any atom is 0.191 e. The van der Waals surface area contributed by atoms with Gasteiger partial charge in [0.25, 0.3) is 0 Å². The van der Waals surface area contributed by atoms with Gasteiger partial charge in [-0.15, -0.1) is 24.0 Å². The van der Waals surface area contributed by atoms with E-state index in [-0.39, 0.29) is 24.0 Å². The van der Waals surface area contributed by atoms with Gasteiger partial charge >= 0.3 is 0 Å². The molecule has 2 aromatic rings. The highest BCUT2D eigenvalue weighted by atomic mass is 127. The summed E-state index contributed by atoms with van der Waals surface area (Å²) in [5.41, 5.74) is 1.35. The van der Waals surface area contributed by atoms with Crippen molar-refractivity contribution in [2.75, 3.05) is 25.4 Å². The van der Waals surface area contributed by atoms with Crippen LogP contribution in [0.15, 0.2) is 70.6 Å². The van der Waals surface area contributed by atoms with Crippen LogP contribution >= 0.6 is 24.0 Å². The van der Waals surface area contributed by atoms with E-state index in [1.165, 1.54) is 5.56 Å². The van der Waals surface area contributed by atoms with E-state index in [1.54, 1.807) is 0 Å². The second kappa shape index (κ2) is 13.1. The van der Waals surface area contributed by atoms with Gasteiger partial charge in [-0.3, -0.25) is 14.1 Å². The lowest BCUT2D eigenvalue weighted by Crippen LogP contribution is -2.44. The predicted molar refractivity (Wildman–Crippen MR) is 137 cm³/mol. The smallest absolute Gasteiger partial charge is 0.191 e. The van der Waals surface area contributed by atoms with Crippen LogP contribution in [0.4, 0.5) is 0 Å². The van der Waals surface area contributed by atoms with Crippen LogP contribution in [-0.4, -0.2) is 52.5 Å². The number of hydrogen-bond acceptors (Lipinski definition) is 3. The van der Waals surface area contributed by atoms with Crippen molar-refractivity contribution in [3.8, 4) is 0 Å². The first-order chi connectivity index (χ1) is 14.2. The summed E-state index contributed by atoms with van der Waals surface area (Å²) in [5, 5.41) is 6.90. The van der Waals surface area contributed by atoms with Crippen LogP contribution in [-0.2, 0) is 17.3 Å². The second-order valence-corrected chi connectivity index (χ2v) is 9.04. The summed E-state index contributed by atoms with van der Waals surface area (Å²) in [5.74, 6) is 1.35. The average molecular weight is 541 g/mol. The van der Waals surface area contributed by atoms with Gasteiger partial charge < -0.3 is 10.6 Å². The molecule has 0 bridgehead atoms. The Balaban J connectivity index is 0.00000320. The maximum atomic E-state index is 12.4. The third kappa shape index (κ3) is 7.67. The van der Waals surface area contributed by atoms with E-state index in [0.717, 1.165) is 36.9 Å². The summed E-state index contributed by atoms with van der Waals surface area (Å²) in [6.07, 6.45) is 1.09. The van der Waals surface area contributed by atoms with Crippen molar-refractivity contribution < 1.29 is 4.21 Å². The number of nitrogens with one attached hydrogen (secondary N) is 2. The zero-order valence-corrected chi connectivity index (χ0v) is 20.9. The molecule has 1 aliphatic heterocycles. The van der Waals surface area contributed by atoms with E-state index in [2.05, 4.69) is 64.7 Å². The van der Waals surface area contributed by atoms with Crippen LogP contribution in [0.1, 0.15) is 25.8 Å². The molecule has 0 radical (unpaired) electrons. The van der Waals surface area contributed by atoms with Gasteiger partial charge in [0, 0.05) is 42.4 Å². The molecular formula is C23H33IN4OS. The van der Waals surface area contributed by atoms with Crippen molar-refractivity contribution >= 4 is 40.7 Å². The molecule has 5 nitrogen and oxygen atoms in total. The van der Waals surface area contributed by atoms with Crippen molar-refractivity contribution in [1.82, 2.24) is 15.5 Å². The van der Waals surface area contributed by atoms with Crippen molar-refractivity contribution in [1.29, 1.82) is 0 Å². The molecular weight excluding hydrogens is 507 g/mol. The van der Waals surface area contributed by atoms with Gasteiger partial charge in [0.05, 0.1) is 17.3 Å². The summed E-state index contributed by atoms with van der Waals surface area (Å²) in [6, 6.07) is 21.1. The molecule has 0 amide bonds. The zero-order chi connectivity index (χ0) is 20.5. The normalized spacial score (nSPS) is 20.4. The molecule has 1 heterocycles. The lowest BCUT2D eigenvalue weighted by molar-refractivity contribution is 0.258. The molecule has 30 heavy (non-hydrogen) atoms. The van der Waals surface area contributed by atoms with Gasteiger partial charge in [-0.2, -0.15) is 0 Å². The van der Waals surface area contributed by atoms with Gasteiger partial charge in [0.2, 0.25) is 0 Å². The summed E-state index contributed by atoms with van der Waals surface area (Å²) in [6.45, 7) is 7.67. The van der Waals surface area contributed by atoms with Gasteiger partial charge in [0.1, 0.15) is 0 Å². The van der Waals surface area contributed by atoms with Crippen LogP contribution in [0.3, 0.4) is 0 Å². The third-order valence-corrected chi connectivity index (χ3v) is 6.52. The molecule has 0 saturated carbocycles. The summed E-state index contributed by atoms with van der Waals surface area (Å²) < 4.78 is 12.4. The lowest BCUT2D eigenvalue weighted by atomic mass is 10.2. The molecule has 0 spiro atoms. The molecule has 1 fully saturated rings. The quantitative estimate of drug-likeness (QED) is 0.305. The van der Waals surface area contributed by atoms with E-state index in [0.29, 0.717) is 24.4 Å². The topological polar surface area (TPSA) is 56.7 Å². The molecule has 3 unspecified atom stereocenters. The third-order valence-electron chi connectivity index (χ3n) is 5.17. The van der Waals surface area contributed by atoms with Crippen LogP contribution in [0.25, 0.3) is 0 Å². The highest BCUT2D eigenvalue weighted by Crippen LogP contribution is 2.20. The fourth-order valence-electron chi connectivity index (χ4n) is 3.69. The number of guanidine groups is 1. The minimum atomic E-state index is -1.01. The summed E-state index contributed by atoms with van der Waals surface area (Å²) >= 11 is 0. The van der Waals surface area contributed by atoms with E-state index in [9.17, 15) is 4.21 Å². The van der Waals surface area contributed by atoms with E-state index < -0.39 is 10.8 Å². The van der Waals surface area contributed by atoms with E-state index in [4.69, 9.17) is 0 Å². The predicted octanol–water partition coefficient (Wildman–Crippen LogP) is 3.63. The Labute approximate surface area is 200 Å². The van der Waals surface area contributed by atoms with Crippen molar-refractivity contribution in [2.45, 2.75) is 43.8 Å². The zero-order valence-electron chi connectivity index (χ0n) is 17.8. The van der Waals surface area contributed by atoms with Crippen LogP contribution < -0.4 is 10.6 Å². The van der Waals surface area contributed by atoms with Gasteiger partial charge in [-0.25, -0.2) is 0 Å². The first-order valence-corrected chi connectivity index (χ1v) is 11.7. The molecule has 2 N–H and O–H groups in total. The van der Waals surface area contributed by atoms with E-state index in [1.807, 2.05) is 30.3 Å². The molecule has 164 valence electrons. The average Bonchev–Trinajstić information content (AvgIpc) is 3.08. The number of hydrogen-bond donors (Lipinski definition) is 2. The first kappa shape index (κ1) is 24.8. The Morgan fingerprint density at radius 2 is 1.80 bits per heavy atom. The minimum Gasteiger partial charge on any atom is -0.357 e. The highest BCUT2D eigenvalue weighted by molar-refractivity contribution is 14.0. The van der Waals surface area contributed by atoms with Crippen LogP contribution in [0.2, 0.25) is 0 Å². The Morgan fingerprint density at radius 3 is 2.47 bits per heavy atom.